The molecule has 3 N–H and O–H groups in total. The van der Waals surface area contributed by atoms with E-state index in [2.05, 4.69) is 15.9 Å². The van der Waals surface area contributed by atoms with Crippen molar-refractivity contribution in [3.63, 3.8) is 0 Å². The maximum atomic E-state index is 13.2. The van der Waals surface area contributed by atoms with Gasteiger partial charge in [0.25, 0.3) is 0 Å². The Kier molecular flexibility index (Phi) is 4.19. The highest BCUT2D eigenvalue weighted by Crippen LogP contribution is 2.29. The van der Waals surface area contributed by atoms with Crippen molar-refractivity contribution in [2.45, 2.75) is 6.04 Å². The van der Waals surface area contributed by atoms with Gasteiger partial charge in [0.05, 0.1) is 4.47 Å². The van der Waals surface area contributed by atoms with Crippen molar-refractivity contribution < 1.29 is 23.4 Å². The molecule has 4 nitrogen and oxygen atoms in total. The van der Waals surface area contributed by atoms with Crippen LogP contribution >= 0.6 is 15.9 Å². The van der Waals surface area contributed by atoms with Gasteiger partial charge in [-0.3, -0.25) is 4.79 Å². The maximum Gasteiger partial charge on any atom is 0.324 e. The number of ether oxygens (including phenoxy) is 1. The largest absolute Gasteiger partial charge is 0.487 e. The van der Waals surface area contributed by atoms with Crippen LogP contribution in [-0.2, 0) is 4.79 Å². The van der Waals surface area contributed by atoms with E-state index in [9.17, 15) is 13.6 Å². The Labute approximate surface area is 98.1 Å². The van der Waals surface area contributed by atoms with Crippen LogP contribution in [0, 0.1) is 11.6 Å². The van der Waals surface area contributed by atoms with E-state index in [1.165, 1.54) is 0 Å². The number of nitrogens with two attached hydrogens (primary N) is 1. The molecule has 0 bridgehead atoms. The van der Waals surface area contributed by atoms with Gasteiger partial charge in [-0.1, -0.05) is 0 Å². The molecular formula is C9H8BrF2NO3. The third-order valence-corrected chi connectivity index (χ3v) is 2.28. The van der Waals surface area contributed by atoms with Gasteiger partial charge in [-0.25, -0.2) is 8.78 Å². The molecule has 0 heterocycles. The van der Waals surface area contributed by atoms with Crippen molar-refractivity contribution in [1.82, 2.24) is 0 Å². The summed E-state index contributed by atoms with van der Waals surface area (Å²) < 4.78 is 30.8. The van der Waals surface area contributed by atoms with Gasteiger partial charge in [-0.2, -0.15) is 0 Å². The number of aliphatic carboxylic acids is 1. The average Bonchev–Trinajstić information content (AvgIpc) is 2.15. The van der Waals surface area contributed by atoms with Crippen molar-refractivity contribution in [3.8, 4) is 5.75 Å². The zero-order valence-electron chi connectivity index (χ0n) is 7.91. The number of benzene rings is 1. The van der Waals surface area contributed by atoms with Crippen LogP contribution in [-0.4, -0.2) is 23.7 Å². The zero-order chi connectivity index (χ0) is 12.3. The summed E-state index contributed by atoms with van der Waals surface area (Å²) in [5.74, 6) is -3.22. The molecule has 1 rings (SSSR count). The molecule has 0 aliphatic carbocycles. The van der Waals surface area contributed by atoms with Crippen LogP contribution in [0.2, 0.25) is 0 Å². The van der Waals surface area contributed by atoms with Crippen molar-refractivity contribution in [3.05, 3.63) is 28.2 Å². The normalized spacial score (nSPS) is 12.2. The number of hydrogen-bond donors (Lipinski definition) is 2. The summed E-state index contributed by atoms with van der Waals surface area (Å²) in [4.78, 5) is 10.4. The summed E-state index contributed by atoms with van der Waals surface area (Å²) >= 11 is 2.89. The lowest BCUT2D eigenvalue weighted by Crippen LogP contribution is -2.36. The summed E-state index contributed by atoms with van der Waals surface area (Å²) in [6.07, 6.45) is 0. The van der Waals surface area contributed by atoms with Gasteiger partial charge in [-0.05, 0) is 22.0 Å². The summed E-state index contributed by atoms with van der Waals surface area (Å²) in [6, 6.07) is 0.369. The fourth-order valence-electron chi connectivity index (χ4n) is 0.911. The third-order valence-electron chi connectivity index (χ3n) is 1.69. The molecule has 16 heavy (non-hydrogen) atoms. The first-order valence-corrected chi connectivity index (χ1v) is 4.97. The first-order chi connectivity index (χ1) is 7.41. The number of rotatable bonds is 4. The Hall–Kier alpha value is -1.21. The molecule has 0 fully saturated rings. The Bertz CT molecular complexity index is 391. The molecule has 0 amide bonds. The smallest absolute Gasteiger partial charge is 0.324 e. The topological polar surface area (TPSA) is 72.5 Å². The quantitative estimate of drug-likeness (QED) is 0.883. The van der Waals surface area contributed by atoms with Crippen LogP contribution in [0.1, 0.15) is 0 Å². The lowest BCUT2D eigenvalue weighted by Gasteiger charge is -2.11. The van der Waals surface area contributed by atoms with Gasteiger partial charge in [0, 0.05) is 6.07 Å². The van der Waals surface area contributed by atoms with Gasteiger partial charge in [0.1, 0.15) is 18.5 Å². The van der Waals surface area contributed by atoms with E-state index >= 15 is 0 Å². The Balaban J connectivity index is 2.78. The minimum absolute atomic E-state index is 0.0580. The molecule has 0 spiro atoms. The minimum Gasteiger partial charge on any atom is -0.487 e. The number of hydrogen-bond acceptors (Lipinski definition) is 3. The van der Waals surface area contributed by atoms with E-state index in [-0.39, 0.29) is 10.2 Å². The lowest BCUT2D eigenvalue weighted by atomic mass is 10.3. The fourth-order valence-corrected chi connectivity index (χ4v) is 1.43. The highest BCUT2D eigenvalue weighted by Gasteiger charge is 2.16. The molecule has 1 aromatic rings. The fraction of sp³-hybridized carbons (Fsp3) is 0.222. The van der Waals surface area contributed by atoms with Crippen molar-refractivity contribution in [1.29, 1.82) is 0 Å². The number of carboxylic acid groups (broad SMARTS) is 1. The number of halogens is 3. The van der Waals surface area contributed by atoms with Crippen LogP contribution in [0.15, 0.2) is 16.6 Å². The van der Waals surface area contributed by atoms with E-state index in [1.807, 2.05) is 0 Å². The summed E-state index contributed by atoms with van der Waals surface area (Å²) in [6.45, 7) is -0.406. The second kappa shape index (κ2) is 5.22. The number of carboxylic acids is 1. The summed E-state index contributed by atoms with van der Waals surface area (Å²) in [7, 11) is 0. The van der Waals surface area contributed by atoms with Crippen LogP contribution in [0.4, 0.5) is 8.78 Å². The van der Waals surface area contributed by atoms with Crippen LogP contribution in [0.25, 0.3) is 0 Å². The molecule has 0 radical (unpaired) electrons. The summed E-state index contributed by atoms with van der Waals surface area (Å²) in [5.41, 5.74) is 5.16. The predicted molar refractivity (Wildman–Crippen MR) is 55.2 cm³/mol. The molecule has 0 aliphatic rings. The van der Waals surface area contributed by atoms with Crippen molar-refractivity contribution in [2.24, 2.45) is 5.73 Å². The molecule has 0 saturated carbocycles. The highest BCUT2D eigenvalue weighted by atomic mass is 79.9. The van der Waals surface area contributed by atoms with E-state index in [0.717, 1.165) is 6.07 Å². The van der Waals surface area contributed by atoms with Gasteiger partial charge >= 0.3 is 5.97 Å². The Morgan fingerprint density at radius 1 is 1.56 bits per heavy atom. The van der Waals surface area contributed by atoms with Crippen molar-refractivity contribution >= 4 is 21.9 Å². The van der Waals surface area contributed by atoms with E-state index in [4.69, 9.17) is 15.6 Å². The SMILES string of the molecule is NC(COc1c(F)cc(F)cc1Br)C(=O)O. The molecular weight excluding hydrogens is 288 g/mol. The second-order valence-corrected chi connectivity index (χ2v) is 3.81. The van der Waals surface area contributed by atoms with E-state index < -0.39 is 30.3 Å². The van der Waals surface area contributed by atoms with Gasteiger partial charge in [0.15, 0.2) is 11.6 Å². The summed E-state index contributed by atoms with van der Waals surface area (Å²) in [5, 5.41) is 8.47. The predicted octanol–water partition coefficient (Wildman–Crippen LogP) is 1.52. The standard InChI is InChI=1S/C9H8BrF2NO3/c10-5-1-4(11)2-6(12)8(5)16-3-7(13)9(14)15/h1-2,7H,3,13H2,(H,14,15). The van der Waals surface area contributed by atoms with Crippen LogP contribution in [0.3, 0.4) is 0 Å². The molecule has 0 aromatic heterocycles. The molecule has 88 valence electrons. The van der Waals surface area contributed by atoms with E-state index in [1.54, 1.807) is 0 Å². The monoisotopic (exact) mass is 295 g/mol. The lowest BCUT2D eigenvalue weighted by molar-refractivity contribution is -0.139. The molecule has 7 heteroatoms. The first-order valence-electron chi connectivity index (χ1n) is 4.17. The van der Waals surface area contributed by atoms with Gasteiger partial charge in [-0.15, -0.1) is 0 Å². The molecule has 1 unspecified atom stereocenters. The molecule has 1 atom stereocenters. The van der Waals surface area contributed by atoms with Crippen LogP contribution in [0.5, 0.6) is 5.75 Å². The minimum atomic E-state index is -1.27. The first kappa shape index (κ1) is 12.9. The molecule has 0 saturated heterocycles. The number of carbonyl (C=O) groups is 1. The molecule has 0 aliphatic heterocycles. The Morgan fingerprint density at radius 3 is 2.69 bits per heavy atom. The van der Waals surface area contributed by atoms with Crippen LogP contribution < -0.4 is 10.5 Å². The third kappa shape index (κ3) is 3.14. The highest BCUT2D eigenvalue weighted by molar-refractivity contribution is 9.10. The second-order valence-electron chi connectivity index (χ2n) is 2.95. The van der Waals surface area contributed by atoms with Gasteiger partial charge < -0.3 is 15.6 Å². The van der Waals surface area contributed by atoms with E-state index in [0.29, 0.717) is 6.07 Å². The van der Waals surface area contributed by atoms with Crippen molar-refractivity contribution in [2.75, 3.05) is 6.61 Å². The average molecular weight is 296 g/mol. The Morgan fingerprint density at radius 2 is 2.19 bits per heavy atom. The maximum absolute atomic E-state index is 13.2. The zero-order valence-corrected chi connectivity index (χ0v) is 9.50. The van der Waals surface area contributed by atoms with Gasteiger partial charge in [0.2, 0.25) is 0 Å². The molecule has 1 aromatic carbocycles.